The molecular weight excluding hydrogens is 816 g/mol. The molecule has 3 atom stereocenters. The Morgan fingerprint density at radius 3 is 2.38 bits per heavy atom. The molecule has 2 amide bonds. The molecule has 0 aliphatic carbocycles. The minimum Gasteiger partial charge on any atom is -0.507 e. The largest absolute Gasteiger partial charge is 0.507 e. The number of halogens is 1. The number of carbonyl (C=O) groups excluding carboxylic acids is 3. The molecule has 2 aromatic heterocycles. The van der Waals surface area contributed by atoms with Crippen LogP contribution >= 0.6 is 0 Å². The SMILES string of the molecule is CC1CN(C(/C=C(\N)c2ccccc2O)=C(N)N)CC(c2ccc(C=O)cc2)O1.CN1CCC(CN2CCCC(F)C2)CC1.CNC(=O)N(CCC=O)c1cnc2c(c1)c(C)cn2C. The smallest absolute Gasteiger partial charge is 0.321 e. The summed E-state index contributed by atoms with van der Waals surface area (Å²) in [5.74, 6) is 1.03. The van der Waals surface area contributed by atoms with Crippen LogP contribution in [0.4, 0.5) is 14.9 Å². The van der Waals surface area contributed by atoms with E-state index in [0.29, 0.717) is 60.8 Å². The van der Waals surface area contributed by atoms with Gasteiger partial charge in [0.25, 0.3) is 0 Å². The number of fused-ring (bicyclic) bond motifs is 1. The monoisotopic (exact) mass is 883 g/mol. The molecule has 4 aromatic rings. The summed E-state index contributed by atoms with van der Waals surface area (Å²) in [5.41, 5.74) is 23.8. The Balaban J connectivity index is 0.000000191. The van der Waals surface area contributed by atoms with Crippen molar-refractivity contribution in [3.63, 3.8) is 0 Å². The van der Waals surface area contributed by atoms with E-state index in [1.165, 1.54) is 30.8 Å². The molecule has 3 aliphatic rings. The summed E-state index contributed by atoms with van der Waals surface area (Å²) in [7, 11) is 5.69. The van der Waals surface area contributed by atoms with E-state index in [1.807, 2.05) is 54.8 Å². The first-order valence-electron chi connectivity index (χ1n) is 22.1. The van der Waals surface area contributed by atoms with Gasteiger partial charge in [-0.3, -0.25) is 9.69 Å². The lowest BCUT2D eigenvalue weighted by molar-refractivity contribution is -0.107. The number of pyridine rings is 1. The van der Waals surface area contributed by atoms with E-state index in [-0.39, 0.29) is 29.8 Å². The first-order chi connectivity index (χ1) is 30.7. The zero-order valence-corrected chi connectivity index (χ0v) is 38.0. The van der Waals surface area contributed by atoms with Gasteiger partial charge in [0.15, 0.2) is 0 Å². The number of alkyl halides is 1. The van der Waals surface area contributed by atoms with Crippen molar-refractivity contribution in [1.82, 2.24) is 29.6 Å². The number of allylic oxidation sites excluding steroid dienone is 1. The minimum absolute atomic E-state index is 0.0754. The van der Waals surface area contributed by atoms with E-state index in [0.717, 1.165) is 66.6 Å². The Bertz CT molecular complexity index is 2220. The molecule has 3 aliphatic heterocycles. The van der Waals surface area contributed by atoms with Crippen LogP contribution in [0, 0.1) is 12.8 Å². The molecule has 0 saturated carbocycles. The number of likely N-dealkylation sites (tertiary alicyclic amines) is 2. The van der Waals surface area contributed by atoms with Crippen molar-refractivity contribution in [2.75, 3.05) is 71.4 Å². The van der Waals surface area contributed by atoms with Crippen LogP contribution in [0.25, 0.3) is 16.7 Å². The third-order valence-corrected chi connectivity index (χ3v) is 11.9. The Morgan fingerprint density at radius 1 is 1.02 bits per heavy atom. The molecule has 0 bridgehead atoms. The lowest BCUT2D eigenvalue weighted by Gasteiger charge is -2.39. The van der Waals surface area contributed by atoms with Crippen LogP contribution in [0.2, 0.25) is 0 Å². The number of rotatable bonds is 11. The van der Waals surface area contributed by atoms with Gasteiger partial charge in [-0.05, 0) is 108 Å². The fraction of sp³-hybridized carbons (Fsp3) is 0.458. The number of piperidine rings is 2. The van der Waals surface area contributed by atoms with Gasteiger partial charge in [-0.2, -0.15) is 0 Å². The summed E-state index contributed by atoms with van der Waals surface area (Å²) < 4.78 is 21.2. The van der Waals surface area contributed by atoms with Crippen LogP contribution in [0.1, 0.15) is 72.2 Å². The number of phenolic OH excluding ortho intramolecular Hbond substituents is 1. The highest BCUT2D eigenvalue weighted by molar-refractivity contribution is 5.94. The summed E-state index contributed by atoms with van der Waals surface area (Å²) in [6.45, 7) is 10.8. The average Bonchev–Trinajstić information content (AvgIpc) is 3.57. The summed E-state index contributed by atoms with van der Waals surface area (Å²) >= 11 is 0. The molecule has 2 aromatic carbocycles. The highest BCUT2D eigenvalue weighted by Gasteiger charge is 2.29. The third-order valence-electron chi connectivity index (χ3n) is 11.9. The van der Waals surface area contributed by atoms with Crippen molar-refractivity contribution in [1.29, 1.82) is 0 Å². The molecule has 3 fully saturated rings. The standard InChI is InChI=1S/C22H26N4O3.C14H18N4O2.C12H23FN2/c1-14-11-26(12-21(29-14)16-8-6-15(13-27)7-9-16)19(22(24)25)10-18(23)17-4-2-3-5-20(17)28;1-10-9-17(3)13-12(10)7-11(8-16-13)18(5-4-6-19)14(20)15-2;1-14-7-4-11(5-8-14)9-15-6-2-3-12(13)10-15/h2-10,13-14,21,28H,11-12,23-25H2,1H3;6-9H,4-5H2,1-3H3,(H,15,20);11-12H,2-10H2,1H3/b18-10-;;. The highest BCUT2D eigenvalue weighted by atomic mass is 19.1. The number of ether oxygens (including phenoxy) is 1. The molecule has 7 rings (SSSR count). The first-order valence-corrected chi connectivity index (χ1v) is 22.1. The van der Waals surface area contributed by atoms with E-state index < -0.39 is 6.17 Å². The number of para-hydroxylation sites is 1. The maximum absolute atomic E-state index is 13.2. The number of hydrogen-bond donors (Lipinski definition) is 5. The van der Waals surface area contributed by atoms with Gasteiger partial charge in [-0.25, -0.2) is 14.2 Å². The van der Waals surface area contributed by atoms with Crippen molar-refractivity contribution in [3.05, 3.63) is 107 Å². The molecule has 0 spiro atoms. The van der Waals surface area contributed by atoms with Gasteiger partial charge in [0.1, 0.15) is 42.1 Å². The lowest BCUT2D eigenvalue weighted by Crippen LogP contribution is -2.43. The van der Waals surface area contributed by atoms with Crippen molar-refractivity contribution in [3.8, 4) is 5.75 Å². The van der Waals surface area contributed by atoms with Gasteiger partial charge < -0.3 is 56.4 Å². The first kappa shape index (κ1) is 49.1. The number of aromatic nitrogens is 2. The molecule has 3 saturated heterocycles. The number of nitrogens with one attached hydrogen (secondary N) is 1. The average molecular weight is 883 g/mol. The topological polar surface area (TPSA) is 202 Å². The van der Waals surface area contributed by atoms with Crippen molar-refractivity contribution >= 4 is 41.0 Å². The molecule has 5 heterocycles. The quantitative estimate of drug-likeness (QED) is 0.0947. The molecule has 0 radical (unpaired) electrons. The fourth-order valence-electron chi connectivity index (χ4n) is 8.45. The van der Waals surface area contributed by atoms with E-state index in [2.05, 4.69) is 27.1 Å². The van der Waals surface area contributed by atoms with Gasteiger partial charge in [-0.15, -0.1) is 0 Å². The van der Waals surface area contributed by atoms with Crippen LogP contribution in [0.15, 0.2) is 84.6 Å². The Hall–Kier alpha value is -5.97. The van der Waals surface area contributed by atoms with Crippen molar-refractivity contribution < 1.29 is 28.6 Å². The molecule has 64 heavy (non-hydrogen) atoms. The summed E-state index contributed by atoms with van der Waals surface area (Å²) in [6.07, 6.45) is 10.8. The molecule has 8 N–H and O–H groups in total. The van der Waals surface area contributed by atoms with E-state index in [4.69, 9.17) is 21.9 Å². The second kappa shape index (κ2) is 23.6. The minimum atomic E-state index is -0.565. The Kier molecular flexibility index (Phi) is 18.1. The van der Waals surface area contributed by atoms with Crippen molar-refractivity contribution in [2.24, 2.45) is 30.2 Å². The number of phenols is 1. The number of aldehydes is 2. The number of morpholine rings is 1. The lowest BCUT2D eigenvalue weighted by atomic mass is 9.95. The number of amides is 2. The van der Waals surface area contributed by atoms with Gasteiger partial charge in [0.05, 0.1) is 23.7 Å². The number of benzene rings is 2. The number of anilines is 1. The molecule has 346 valence electrons. The van der Waals surface area contributed by atoms with Crippen LogP contribution in [-0.4, -0.2) is 127 Å². The summed E-state index contributed by atoms with van der Waals surface area (Å²) in [5, 5.41) is 13.6. The van der Waals surface area contributed by atoms with E-state index in [9.17, 15) is 23.9 Å². The maximum Gasteiger partial charge on any atom is 0.321 e. The normalized spacial score (nSPS) is 19.7. The van der Waals surface area contributed by atoms with Gasteiger partial charge in [0, 0.05) is 81.6 Å². The fourth-order valence-corrected chi connectivity index (χ4v) is 8.45. The van der Waals surface area contributed by atoms with Gasteiger partial charge in [-0.1, -0.05) is 36.4 Å². The maximum atomic E-state index is 13.2. The second-order valence-electron chi connectivity index (χ2n) is 17.0. The van der Waals surface area contributed by atoms with Crippen LogP contribution in [0.3, 0.4) is 0 Å². The van der Waals surface area contributed by atoms with Crippen LogP contribution in [-0.2, 0) is 16.6 Å². The highest BCUT2D eigenvalue weighted by Crippen LogP contribution is 2.30. The summed E-state index contributed by atoms with van der Waals surface area (Å²) in [4.78, 5) is 46.0. The van der Waals surface area contributed by atoms with Crippen LogP contribution in [0.5, 0.6) is 5.75 Å². The van der Waals surface area contributed by atoms with Gasteiger partial charge >= 0.3 is 6.03 Å². The molecule has 3 unspecified atom stereocenters. The number of aryl methyl sites for hydroxylation is 2. The zero-order valence-electron chi connectivity index (χ0n) is 38.0. The third kappa shape index (κ3) is 13.5. The van der Waals surface area contributed by atoms with E-state index >= 15 is 0 Å². The Labute approximate surface area is 376 Å². The number of carbonyl (C=O) groups is 3. The number of hydrogen-bond acceptors (Lipinski definition) is 12. The number of nitrogens with zero attached hydrogens (tertiary/aromatic N) is 6. The number of urea groups is 1. The second-order valence-corrected chi connectivity index (χ2v) is 17.0. The predicted molar refractivity (Wildman–Crippen MR) is 251 cm³/mol. The number of nitrogens with two attached hydrogens (primary N) is 3. The number of aromatic hydroxyl groups is 1. The van der Waals surface area contributed by atoms with Gasteiger partial charge in [0.2, 0.25) is 0 Å². The molecule has 15 nitrogen and oxygen atoms in total. The zero-order chi connectivity index (χ0) is 46.3. The summed E-state index contributed by atoms with van der Waals surface area (Å²) in [6, 6.07) is 15.8. The Morgan fingerprint density at radius 2 is 1.73 bits per heavy atom. The predicted octanol–water partition coefficient (Wildman–Crippen LogP) is 5.43. The van der Waals surface area contributed by atoms with Crippen molar-refractivity contribution in [2.45, 2.75) is 64.3 Å². The van der Waals surface area contributed by atoms with Crippen LogP contribution < -0.4 is 27.4 Å². The van der Waals surface area contributed by atoms with E-state index in [1.54, 1.807) is 55.7 Å². The molecule has 16 heteroatoms. The molecular formula is C48H67FN10O5.